The van der Waals surface area contributed by atoms with Crippen LogP contribution >= 0.6 is 42.6 Å². The van der Waals surface area contributed by atoms with Gasteiger partial charge in [-0.25, -0.2) is 0 Å². The molecule has 0 aromatic carbocycles. The molecule has 0 aliphatic carbocycles. The molecule has 0 spiro atoms. The van der Waals surface area contributed by atoms with Gasteiger partial charge in [0.05, 0.1) is 0 Å². The number of hydrogen-bond acceptors (Lipinski definition) is 0. The van der Waals surface area contributed by atoms with E-state index in [0.29, 0.717) is 0 Å². The summed E-state index contributed by atoms with van der Waals surface area (Å²) in [5, 5.41) is 0. The van der Waals surface area contributed by atoms with Gasteiger partial charge in [-0.2, -0.15) is 0 Å². The zero-order chi connectivity index (χ0) is 5.45. The molecule has 0 radical (unpaired) electrons. The van der Waals surface area contributed by atoms with Crippen LogP contribution in [0.3, 0.4) is 0 Å². The van der Waals surface area contributed by atoms with Crippen LogP contribution in [0.5, 0.6) is 0 Å². The summed E-state index contributed by atoms with van der Waals surface area (Å²) in [5.41, 5.74) is 0. The molecule has 7 heteroatoms. The Morgan fingerprint density at radius 2 is 0.714 bits per heavy atom. The molecular weight excluding hydrogens is 295 g/mol. The predicted octanol–water partition coefficient (Wildman–Crippen LogP) is 2.26. The fraction of sp³-hybridized carbons (Fsp3) is 0. The van der Waals surface area contributed by atoms with Gasteiger partial charge in [-0.1, -0.05) is 0 Å². The van der Waals surface area contributed by atoms with E-state index in [2.05, 4.69) is 0 Å². The van der Waals surface area contributed by atoms with E-state index >= 15 is 0 Å². The molecule has 0 bridgehead atoms. The summed E-state index contributed by atoms with van der Waals surface area (Å²) < 4.78 is 0. The standard InChI is InChI=1S/Al.5ClH.Zr.3H/h;5*1H;;;;/q;;;;;;+5;;;/p-5. The Labute approximate surface area is 71.4 Å². The van der Waals surface area contributed by atoms with Crippen molar-refractivity contribution in [3.63, 3.8) is 0 Å². The number of hydrogen-bond donors (Lipinski definition) is 0. The SMILES string of the molecule is [AlH3].[Cl][Zr]([Cl])([Cl])([Cl])[Cl]. The summed E-state index contributed by atoms with van der Waals surface area (Å²) in [4.78, 5) is 0. The molecule has 0 fully saturated rings. The molecule has 0 amide bonds. The zero-order valence-corrected chi connectivity index (χ0v) is 8.63. The molecule has 7 heavy (non-hydrogen) atoms. The number of halogens is 5. The Morgan fingerprint density at radius 1 is 0.714 bits per heavy atom. The summed E-state index contributed by atoms with van der Waals surface area (Å²) in [6.45, 7) is 0. The normalized spacial score (nSPS) is 16.4. The van der Waals surface area contributed by atoms with Crippen molar-refractivity contribution >= 4 is 59.9 Å². The van der Waals surface area contributed by atoms with Gasteiger partial charge in [-0.15, -0.1) is 0 Å². The first kappa shape index (κ1) is 12.5. The molecular formula is H3AlCl5Zr. The molecule has 0 aromatic rings. The van der Waals surface area contributed by atoms with Crippen molar-refractivity contribution < 1.29 is 12.8 Å². The van der Waals surface area contributed by atoms with Gasteiger partial charge in [0.15, 0.2) is 17.4 Å². The quantitative estimate of drug-likeness (QED) is 0.602. The van der Waals surface area contributed by atoms with Gasteiger partial charge >= 0.3 is 55.4 Å². The van der Waals surface area contributed by atoms with E-state index in [9.17, 15) is 0 Å². The van der Waals surface area contributed by atoms with Crippen LogP contribution in [0.15, 0.2) is 0 Å². The predicted molar refractivity (Wildman–Crippen MR) is 39.2 cm³/mol. The molecule has 0 unspecified atom stereocenters. The van der Waals surface area contributed by atoms with Gasteiger partial charge in [-0.3, -0.25) is 0 Å². The molecule has 0 N–H and O–H groups in total. The molecule has 0 rings (SSSR count). The Kier molecular flexibility index (Phi) is 5.93. The molecule has 45 valence electrons. The third kappa shape index (κ3) is 50.9. The van der Waals surface area contributed by atoms with Gasteiger partial charge in [0.25, 0.3) is 0 Å². The van der Waals surface area contributed by atoms with Gasteiger partial charge in [0, 0.05) is 0 Å². The molecule has 0 saturated heterocycles. The van der Waals surface area contributed by atoms with Gasteiger partial charge in [-0.05, 0) is 0 Å². The van der Waals surface area contributed by atoms with Gasteiger partial charge in [0.2, 0.25) is 0 Å². The maximum atomic E-state index is 5.06. The van der Waals surface area contributed by atoms with Crippen LogP contribution in [0.25, 0.3) is 0 Å². The van der Waals surface area contributed by atoms with E-state index in [1.807, 2.05) is 0 Å². The van der Waals surface area contributed by atoms with Crippen LogP contribution in [0, 0.1) is 0 Å². The molecule has 0 atom stereocenters. The summed E-state index contributed by atoms with van der Waals surface area (Å²) in [5.74, 6) is 0. The van der Waals surface area contributed by atoms with Crippen LogP contribution in [0.1, 0.15) is 0 Å². The zero-order valence-electron chi connectivity index (χ0n) is 2.39. The third-order valence-corrected chi connectivity index (χ3v) is 0. The molecule has 0 heterocycles. The average molecular weight is 298 g/mol. The van der Waals surface area contributed by atoms with E-state index in [1.165, 1.54) is 0 Å². The van der Waals surface area contributed by atoms with E-state index in [-0.39, 0.29) is 17.4 Å². The maximum absolute atomic E-state index is 5.06. The molecule has 0 nitrogen and oxygen atoms in total. The Bertz CT molecular complexity index is 41.3. The first-order chi connectivity index (χ1) is 2.24. The Hall–Kier alpha value is 2.87. The van der Waals surface area contributed by atoms with E-state index < -0.39 is 12.8 Å². The monoisotopic (exact) mass is 295 g/mol. The minimum atomic E-state index is -4.40. The first-order valence-electron chi connectivity index (χ1n) is 0.945. The molecule has 0 aliphatic heterocycles. The average Bonchev–Trinajstić information content (AvgIpc) is 0.650. The Balaban J connectivity index is 0. The van der Waals surface area contributed by atoms with Crippen molar-refractivity contribution in [2.45, 2.75) is 0 Å². The summed E-state index contributed by atoms with van der Waals surface area (Å²) in [6, 6.07) is 0. The van der Waals surface area contributed by atoms with Gasteiger partial charge in [0.1, 0.15) is 0 Å². The van der Waals surface area contributed by atoms with E-state index in [1.54, 1.807) is 0 Å². The van der Waals surface area contributed by atoms with Crippen molar-refractivity contribution in [3.05, 3.63) is 0 Å². The number of rotatable bonds is 0. The molecule has 0 saturated carbocycles. The Morgan fingerprint density at radius 3 is 0.714 bits per heavy atom. The summed E-state index contributed by atoms with van der Waals surface area (Å²) in [6.07, 6.45) is 0. The second-order valence-corrected chi connectivity index (χ2v) is 38.0. The third-order valence-electron chi connectivity index (χ3n) is 0. The van der Waals surface area contributed by atoms with E-state index in [4.69, 9.17) is 42.6 Å². The second-order valence-electron chi connectivity index (χ2n) is 0.714. The summed E-state index contributed by atoms with van der Waals surface area (Å²) >= 11 is -4.40. The second kappa shape index (κ2) is 3.31. The van der Waals surface area contributed by atoms with Crippen molar-refractivity contribution in [2.75, 3.05) is 0 Å². The van der Waals surface area contributed by atoms with Crippen molar-refractivity contribution in [2.24, 2.45) is 0 Å². The first-order valence-corrected chi connectivity index (χ1v) is 16.8. The van der Waals surface area contributed by atoms with Crippen molar-refractivity contribution in [1.82, 2.24) is 0 Å². The van der Waals surface area contributed by atoms with Crippen LogP contribution in [0.4, 0.5) is 0 Å². The topological polar surface area (TPSA) is 0 Å². The van der Waals surface area contributed by atoms with Crippen LogP contribution in [-0.4, -0.2) is 17.4 Å². The fourth-order valence-corrected chi connectivity index (χ4v) is 0. The van der Waals surface area contributed by atoms with Crippen LogP contribution < -0.4 is 0 Å². The summed E-state index contributed by atoms with van der Waals surface area (Å²) in [7, 11) is 25.3. The van der Waals surface area contributed by atoms with Gasteiger partial charge < -0.3 is 0 Å². The minimum absolute atomic E-state index is 0. The molecule has 0 aromatic heterocycles. The molecule has 0 aliphatic rings. The van der Waals surface area contributed by atoms with E-state index in [0.717, 1.165) is 0 Å². The van der Waals surface area contributed by atoms with Crippen molar-refractivity contribution in [1.29, 1.82) is 0 Å². The fourth-order valence-electron chi connectivity index (χ4n) is 0. The van der Waals surface area contributed by atoms with Crippen molar-refractivity contribution in [3.8, 4) is 0 Å². The van der Waals surface area contributed by atoms with Crippen LogP contribution in [0.2, 0.25) is 0 Å². The van der Waals surface area contributed by atoms with Crippen LogP contribution in [-0.2, 0) is 12.8 Å².